The van der Waals surface area contributed by atoms with Crippen LogP contribution >= 0.6 is 0 Å². The molecule has 0 aromatic rings. The maximum Gasteiger partial charge on any atom is 0.248 e. The zero-order valence-electron chi connectivity index (χ0n) is 11.1. The molecular formula is C12H20N2O3S. The maximum atomic E-state index is 12.4. The highest BCUT2D eigenvalue weighted by molar-refractivity contribution is 7.85. The molecular weight excluding hydrogens is 252 g/mol. The van der Waals surface area contributed by atoms with Crippen molar-refractivity contribution in [3.05, 3.63) is 0 Å². The number of amides is 2. The molecule has 1 N–H and O–H groups in total. The van der Waals surface area contributed by atoms with E-state index >= 15 is 0 Å². The summed E-state index contributed by atoms with van der Waals surface area (Å²) in [6, 6.07) is -0.377. The van der Waals surface area contributed by atoms with Crippen molar-refractivity contribution in [3.63, 3.8) is 0 Å². The van der Waals surface area contributed by atoms with Crippen LogP contribution < -0.4 is 5.32 Å². The lowest BCUT2D eigenvalue weighted by molar-refractivity contribution is -0.155. The minimum atomic E-state index is -0.833. The van der Waals surface area contributed by atoms with Crippen LogP contribution in [0.1, 0.15) is 33.6 Å². The van der Waals surface area contributed by atoms with Gasteiger partial charge in [-0.05, 0) is 33.6 Å². The third-order valence-electron chi connectivity index (χ3n) is 3.75. The summed E-state index contributed by atoms with van der Waals surface area (Å²) >= 11 is 0. The van der Waals surface area contributed by atoms with Crippen LogP contribution in [-0.4, -0.2) is 50.1 Å². The minimum Gasteiger partial charge on any atom is -0.340 e. The van der Waals surface area contributed by atoms with E-state index in [9.17, 15) is 13.8 Å². The van der Waals surface area contributed by atoms with Crippen molar-refractivity contribution in [2.45, 2.75) is 51.2 Å². The van der Waals surface area contributed by atoms with Gasteiger partial charge in [-0.2, -0.15) is 0 Å². The molecule has 0 radical (unpaired) electrons. The molecule has 18 heavy (non-hydrogen) atoms. The average molecular weight is 272 g/mol. The molecule has 0 bridgehead atoms. The minimum absolute atomic E-state index is 0.0349. The molecule has 2 aliphatic heterocycles. The third-order valence-corrected chi connectivity index (χ3v) is 5.13. The number of carbonyl (C=O) groups excluding carboxylic acids is 2. The number of nitrogens with one attached hydrogen (secondary N) is 1. The van der Waals surface area contributed by atoms with Crippen LogP contribution in [0.5, 0.6) is 0 Å². The van der Waals surface area contributed by atoms with E-state index in [1.165, 1.54) is 0 Å². The lowest BCUT2D eigenvalue weighted by Gasteiger charge is -2.46. The SMILES string of the molecule is CC1C(=O)NC(C)(C)C(=O)N1C1CCS(=O)CC1. The lowest BCUT2D eigenvalue weighted by atomic mass is 9.94. The number of rotatable bonds is 1. The Morgan fingerprint density at radius 1 is 1.28 bits per heavy atom. The summed E-state index contributed by atoms with van der Waals surface area (Å²) in [5.41, 5.74) is -0.833. The van der Waals surface area contributed by atoms with Crippen molar-refractivity contribution in [1.82, 2.24) is 10.2 Å². The van der Waals surface area contributed by atoms with Gasteiger partial charge in [0.15, 0.2) is 0 Å². The monoisotopic (exact) mass is 272 g/mol. The molecule has 0 aliphatic carbocycles. The molecule has 1 atom stereocenters. The van der Waals surface area contributed by atoms with Gasteiger partial charge in [0.1, 0.15) is 11.6 Å². The van der Waals surface area contributed by atoms with Crippen LogP contribution in [0.2, 0.25) is 0 Å². The lowest BCUT2D eigenvalue weighted by Crippen LogP contribution is -2.69. The Bertz CT molecular complexity index is 398. The zero-order chi connectivity index (χ0) is 13.5. The summed E-state index contributed by atoms with van der Waals surface area (Å²) in [5.74, 6) is 1.12. The first-order valence-electron chi connectivity index (χ1n) is 6.32. The largest absolute Gasteiger partial charge is 0.340 e. The molecule has 0 aromatic carbocycles. The third kappa shape index (κ3) is 2.30. The maximum absolute atomic E-state index is 12.4. The van der Waals surface area contributed by atoms with Crippen LogP contribution in [0.3, 0.4) is 0 Å². The first-order chi connectivity index (χ1) is 8.33. The van der Waals surface area contributed by atoms with Gasteiger partial charge in [0.25, 0.3) is 0 Å². The summed E-state index contributed by atoms with van der Waals surface area (Å²) in [6.45, 7) is 5.22. The standard InChI is InChI=1S/C12H20N2O3S/c1-8-10(15)13-12(2,3)11(16)14(8)9-4-6-18(17)7-5-9/h8-9H,4-7H2,1-3H3,(H,13,15). The van der Waals surface area contributed by atoms with Crippen LogP contribution in [-0.2, 0) is 20.4 Å². The Hall–Kier alpha value is -0.910. The molecule has 5 nitrogen and oxygen atoms in total. The molecule has 2 rings (SSSR count). The van der Waals surface area contributed by atoms with Gasteiger partial charge in [-0.3, -0.25) is 13.8 Å². The van der Waals surface area contributed by atoms with Crippen molar-refractivity contribution < 1.29 is 13.8 Å². The zero-order valence-corrected chi connectivity index (χ0v) is 11.9. The summed E-state index contributed by atoms with van der Waals surface area (Å²) in [4.78, 5) is 26.0. The Morgan fingerprint density at radius 2 is 1.83 bits per heavy atom. The summed E-state index contributed by atoms with van der Waals surface area (Å²) in [7, 11) is -0.754. The predicted molar refractivity (Wildman–Crippen MR) is 69.4 cm³/mol. The van der Waals surface area contributed by atoms with Crippen molar-refractivity contribution in [2.24, 2.45) is 0 Å². The van der Waals surface area contributed by atoms with Gasteiger partial charge in [-0.25, -0.2) is 0 Å². The van der Waals surface area contributed by atoms with Crippen LogP contribution in [0.4, 0.5) is 0 Å². The van der Waals surface area contributed by atoms with Gasteiger partial charge in [-0.15, -0.1) is 0 Å². The summed E-state index contributed by atoms with van der Waals surface area (Å²) < 4.78 is 11.4. The van der Waals surface area contributed by atoms with Crippen LogP contribution in [0.15, 0.2) is 0 Å². The normalized spacial score (nSPS) is 36.4. The van der Waals surface area contributed by atoms with Gasteiger partial charge in [-0.1, -0.05) is 0 Å². The Kier molecular flexibility index (Phi) is 3.49. The molecule has 2 amide bonds. The Morgan fingerprint density at radius 3 is 2.39 bits per heavy atom. The van der Waals surface area contributed by atoms with Gasteiger partial charge in [0.2, 0.25) is 11.8 Å². The van der Waals surface area contributed by atoms with E-state index in [4.69, 9.17) is 0 Å². The van der Waals surface area contributed by atoms with E-state index in [0.29, 0.717) is 11.5 Å². The Balaban J connectivity index is 2.21. The van der Waals surface area contributed by atoms with Crippen molar-refractivity contribution in [3.8, 4) is 0 Å². The van der Waals surface area contributed by atoms with E-state index in [-0.39, 0.29) is 17.9 Å². The van der Waals surface area contributed by atoms with E-state index in [2.05, 4.69) is 5.32 Å². The predicted octanol–water partition coefficient (Wildman–Crippen LogP) is 0.0230. The molecule has 2 fully saturated rings. The molecule has 102 valence electrons. The quantitative estimate of drug-likeness (QED) is 0.732. The Labute approximate surface area is 110 Å². The van der Waals surface area contributed by atoms with Gasteiger partial charge < -0.3 is 10.2 Å². The molecule has 6 heteroatoms. The molecule has 0 spiro atoms. The van der Waals surface area contributed by atoms with Crippen molar-refractivity contribution in [1.29, 1.82) is 0 Å². The smallest absolute Gasteiger partial charge is 0.248 e. The average Bonchev–Trinajstić information content (AvgIpc) is 2.29. The van der Waals surface area contributed by atoms with Crippen LogP contribution in [0, 0.1) is 0 Å². The van der Waals surface area contributed by atoms with Crippen molar-refractivity contribution in [2.75, 3.05) is 11.5 Å². The molecule has 2 saturated heterocycles. The highest BCUT2D eigenvalue weighted by atomic mass is 32.2. The second kappa shape index (κ2) is 4.64. The van der Waals surface area contributed by atoms with Gasteiger partial charge in [0, 0.05) is 28.3 Å². The number of carbonyl (C=O) groups is 2. The van der Waals surface area contributed by atoms with Crippen molar-refractivity contribution >= 4 is 22.6 Å². The van der Waals surface area contributed by atoms with Gasteiger partial charge >= 0.3 is 0 Å². The fourth-order valence-corrected chi connectivity index (χ4v) is 3.91. The summed E-state index contributed by atoms with van der Waals surface area (Å²) in [6.07, 6.45) is 1.46. The second-order valence-corrected chi connectivity index (χ2v) is 7.28. The van der Waals surface area contributed by atoms with E-state index in [1.54, 1.807) is 25.7 Å². The fourth-order valence-electron chi connectivity index (χ4n) is 2.63. The second-order valence-electron chi connectivity index (χ2n) is 5.58. The highest BCUT2D eigenvalue weighted by Gasteiger charge is 2.46. The number of hydrogen-bond donors (Lipinski definition) is 1. The summed E-state index contributed by atoms with van der Waals surface area (Å²) in [5, 5.41) is 2.74. The van der Waals surface area contributed by atoms with Crippen LogP contribution in [0.25, 0.3) is 0 Å². The fraction of sp³-hybridized carbons (Fsp3) is 0.833. The first kappa shape index (κ1) is 13.5. The molecule has 2 heterocycles. The molecule has 1 unspecified atom stereocenters. The number of nitrogens with zero attached hydrogens (tertiary/aromatic N) is 1. The highest BCUT2D eigenvalue weighted by Crippen LogP contribution is 2.25. The molecule has 0 saturated carbocycles. The molecule has 0 aromatic heterocycles. The number of piperazine rings is 1. The van der Waals surface area contributed by atoms with E-state index < -0.39 is 22.4 Å². The van der Waals surface area contributed by atoms with E-state index in [0.717, 1.165) is 12.8 Å². The topological polar surface area (TPSA) is 66.5 Å². The number of hydrogen-bond acceptors (Lipinski definition) is 3. The first-order valence-corrected chi connectivity index (χ1v) is 7.81. The molecule has 2 aliphatic rings. The van der Waals surface area contributed by atoms with E-state index in [1.807, 2.05) is 0 Å². The van der Waals surface area contributed by atoms with Gasteiger partial charge in [0.05, 0.1) is 0 Å².